The quantitative estimate of drug-likeness (QED) is 0.453. The Morgan fingerprint density at radius 3 is 2.55 bits per heavy atom. The number of piperidine rings is 1. The molecule has 2 heterocycles. The van der Waals surface area contributed by atoms with Crippen LogP contribution in [0.4, 0.5) is 11.8 Å². The van der Waals surface area contributed by atoms with Crippen LogP contribution in [-0.2, 0) is 5.41 Å². The molecule has 5 nitrogen and oxygen atoms in total. The van der Waals surface area contributed by atoms with Gasteiger partial charge in [-0.15, -0.1) is 0 Å². The lowest BCUT2D eigenvalue weighted by molar-refractivity contribution is 0.292. The van der Waals surface area contributed by atoms with Gasteiger partial charge in [0.2, 0.25) is 5.95 Å². The third kappa shape index (κ3) is 5.66. The SMILES string of the molecule is CC1CCN(c2cc(Cl)nc(NC(=S)NCC3(c4ccccc4)CCCCC3)n2)CC1. The molecule has 0 bridgehead atoms. The summed E-state index contributed by atoms with van der Waals surface area (Å²) in [6.07, 6.45) is 8.52. The normalized spacial score (nSPS) is 19.1. The van der Waals surface area contributed by atoms with Gasteiger partial charge in [0.15, 0.2) is 5.11 Å². The minimum absolute atomic E-state index is 0.121. The van der Waals surface area contributed by atoms with E-state index in [0.29, 0.717) is 16.2 Å². The largest absolute Gasteiger partial charge is 0.361 e. The first kappa shape index (κ1) is 22.3. The third-order valence-electron chi connectivity index (χ3n) is 6.80. The fraction of sp³-hybridized carbons (Fsp3) is 0.542. The van der Waals surface area contributed by atoms with Crippen LogP contribution in [0.1, 0.15) is 57.4 Å². The molecular formula is C24H32ClN5S. The van der Waals surface area contributed by atoms with Crippen molar-refractivity contribution in [2.24, 2.45) is 5.92 Å². The zero-order chi connectivity index (χ0) is 21.7. The lowest BCUT2D eigenvalue weighted by Crippen LogP contribution is -2.43. The summed E-state index contributed by atoms with van der Waals surface area (Å²) in [6, 6.07) is 12.7. The molecule has 1 aliphatic heterocycles. The fourth-order valence-electron chi connectivity index (χ4n) is 4.84. The predicted molar refractivity (Wildman–Crippen MR) is 133 cm³/mol. The second kappa shape index (κ2) is 10.1. The van der Waals surface area contributed by atoms with Gasteiger partial charge in [-0.25, -0.2) is 4.98 Å². The van der Waals surface area contributed by atoms with Crippen molar-refractivity contribution in [3.63, 3.8) is 0 Å². The van der Waals surface area contributed by atoms with Crippen molar-refractivity contribution in [3.05, 3.63) is 47.1 Å². The monoisotopic (exact) mass is 457 g/mol. The molecule has 2 aromatic rings. The molecule has 2 aliphatic rings. The number of anilines is 2. The van der Waals surface area contributed by atoms with Crippen molar-refractivity contribution in [1.82, 2.24) is 15.3 Å². The standard InChI is InChI=1S/C24H32ClN5S/c1-18-10-14-30(15-11-18)21-16-20(25)27-22(28-21)29-23(31)26-17-24(12-6-3-7-13-24)19-8-4-2-5-9-19/h2,4-5,8-9,16,18H,3,6-7,10-15,17H2,1H3,(H2,26,27,28,29,31). The number of aromatic nitrogens is 2. The van der Waals surface area contributed by atoms with Gasteiger partial charge in [-0.1, -0.05) is 68.1 Å². The Bertz CT molecular complexity index is 877. The lowest BCUT2D eigenvalue weighted by atomic mass is 9.69. The molecule has 2 N–H and O–H groups in total. The molecule has 1 saturated carbocycles. The molecule has 0 spiro atoms. The lowest BCUT2D eigenvalue weighted by Gasteiger charge is -2.38. The van der Waals surface area contributed by atoms with E-state index in [1.54, 1.807) is 0 Å². The average Bonchev–Trinajstić information content (AvgIpc) is 2.79. The molecule has 4 rings (SSSR count). The highest BCUT2D eigenvalue weighted by Crippen LogP contribution is 2.39. The van der Waals surface area contributed by atoms with Crippen molar-refractivity contribution in [2.45, 2.75) is 57.3 Å². The fourth-order valence-corrected chi connectivity index (χ4v) is 5.19. The topological polar surface area (TPSA) is 53.1 Å². The van der Waals surface area contributed by atoms with E-state index in [0.717, 1.165) is 31.4 Å². The molecular weight excluding hydrogens is 426 g/mol. The summed E-state index contributed by atoms with van der Waals surface area (Å²) in [5, 5.41) is 7.59. The average molecular weight is 458 g/mol. The van der Waals surface area contributed by atoms with Crippen molar-refractivity contribution in [3.8, 4) is 0 Å². The molecule has 166 valence electrons. The second-order valence-corrected chi connectivity index (χ2v) is 9.85. The number of halogens is 1. The van der Waals surface area contributed by atoms with E-state index in [9.17, 15) is 0 Å². The number of benzene rings is 1. The second-order valence-electron chi connectivity index (χ2n) is 9.06. The van der Waals surface area contributed by atoms with Gasteiger partial charge in [-0.3, -0.25) is 0 Å². The molecule has 0 radical (unpaired) electrons. The van der Waals surface area contributed by atoms with E-state index in [4.69, 9.17) is 23.8 Å². The Labute approximate surface area is 196 Å². The van der Waals surface area contributed by atoms with Crippen molar-refractivity contribution >= 4 is 40.7 Å². The molecule has 0 amide bonds. The van der Waals surface area contributed by atoms with Crippen molar-refractivity contribution in [2.75, 3.05) is 29.9 Å². The number of thiocarbonyl (C=S) groups is 1. The number of hydrogen-bond donors (Lipinski definition) is 2. The van der Waals surface area contributed by atoms with Crippen LogP contribution in [0, 0.1) is 5.92 Å². The first-order chi connectivity index (χ1) is 15.0. The molecule has 31 heavy (non-hydrogen) atoms. The highest BCUT2D eigenvalue weighted by atomic mass is 35.5. The summed E-state index contributed by atoms with van der Waals surface area (Å²) >= 11 is 11.9. The summed E-state index contributed by atoms with van der Waals surface area (Å²) in [6.45, 7) is 5.10. The predicted octanol–water partition coefficient (Wildman–Crippen LogP) is 5.55. The molecule has 0 unspecified atom stereocenters. The van der Waals surface area contributed by atoms with Crippen LogP contribution in [0.25, 0.3) is 0 Å². The van der Waals surface area contributed by atoms with Crippen LogP contribution in [-0.4, -0.2) is 34.7 Å². The highest BCUT2D eigenvalue weighted by Gasteiger charge is 2.33. The van der Waals surface area contributed by atoms with Gasteiger partial charge in [0.05, 0.1) is 0 Å². The van der Waals surface area contributed by atoms with Crippen LogP contribution in [0.15, 0.2) is 36.4 Å². The maximum atomic E-state index is 6.30. The maximum Gasteiger partial charge on any atom is 0.232 e. The van der Waals surface area contributed by atoms with E-state index in [1.807, 2.05) is 6.07 Å². The Morgan fingerprint density at radius 2 is 1.84 bits per heavy atom. The van der Waals surface area contributed by atoms with Crippen LogP contribution < -0.4 is 15.5 Å². The van der Waals surface area contributed by atoms with Crippen LogP contribution >= 0.6 is 23.8 Å². The van der Waals surface area contributed by atoms with Gasteiger partial charge in [0.25, 0.3) is 0 Å². The maximum absolute atomic E-state index is 6.30. The van der Waals surface area contributed by atoms with Gasteiger partial charge in [-0.05, 0) is 49.4 Å². The smallest absolute Gasteiger partial charge is 0.232 e. The minimum atomic E-state index is 0.121. The summed E-state index contributed by atoms with van der Waals surface area (Å²) < 4.78 is 0. The molecule has 0 atom stereocenters. The first-order valence-electron chi connectivity index (χ1n) is 11.4. The molecule has 1 aromatic heterocycles. The molecule has 7 heteroatoms. The van der Waals surface area contributed by atoms with Crippen molar-refractivity contribution < 1.29 is 0 Å². The molecule has 1 aromatic carbocycles. The number of nitrogens with zero attached hydrogens (tertiary/aromatic N) is 3. The van der Waals surface area contributed by atoms with Crippen LogP contribution in [0.5, 0.6) is 0 Å². The Kier molecular flexibility index (Phi) is 7.28. The van der Waals surface area contributed by atoms with Crippen LogP contribution in [0.2, 0.25) is 5.15 Å². The van der Waals surface area contributed by atoms with Gasteiger partial charge < -0.3 is 15.5 Å². The number of hydrogen-bond acceptors (Lipinski definition) is 4. The Hall–Kier alpha value is -1.92. The molecule has 1 aliphatic carbocycles. The zero-order valence-electron chi connectivity index (χ0n) is 18.2. The van der Waals surface area contributed by atoms with Crippen molar-refractivity contribution in [1.29, 1.82) is 0 Å². The van der Waals surface area contributed by atoms with Gasteiger partial charge in [0, 0.05) is 31.1 Å². The summed E-state index contributed by atoms with van der Waals surface area (Å²) in [4.78, 5) is 11.3. The van der Waals surface area contributed by atoms with Crippen LogP contribution in [0.3, 0.4) is 0 Å². The van der Waals surface area contributed by atoms with E-state index in [-0.39, 0.29) is 5.41 Å². The highest BCUT2D eigenvalue weighted by molar-refractivity contribution is 7.80. The van der Waals surface area contributed by atoms with E-state index < -0.39 is 0 Å². The Balaban J connectivity index is 1.41. The minimum Gasteiger partial charge on any atom is -0.361 e. The number of nitrogens with one attached hydrogen (secondary N) is 2. The molecule has 2 fully saturated rings. The zero-order valence-corrected chi connectivity index (χ0v) is 19.8. The first-order valence-corrected chi connectivity index (χ1v) is 12.2. The summed E-state index contributed by atoms with van der Waals surface area (Å²) in [7, 11) is 0. The third-order valence-corrected chi connectivity index (χ3v) is 7.24. The van der Waals surface area contributed by atoms with Gasteiger partial charge in [-0.2, -0.15) is 4.98 Å². The molecule has 1 saturated heterocycles. The van der Waals surface area contributed by atoms with E-state index in [1.165, 1.54) is 50.5 Å². The van der Waals surface area contributed by atoms with Gasteiger partial charge in [0.1, 0.15) is 11.0 Å². The Morgan fingerprint density at radius 1 is 1.13 bits per heavy atom. The number of rotatable bonds is 5. The van der Waals surface area contributed by atoms with E-state index >= 15 is 0 Å². The summed E-state index contributed by atoms with van der Waals surface area (Å²) in [5.41, 5.74) is 1.52. The van der Waals surface area contributed by atoms with E-state index in [2.05, 4.69) is 62.8 Å². The summed E-state index contributed by atoms with van der Waals surface area (Å²) in [5.74, 6) is 2.08. The van der Waals surface area contributed by atoms with Gasteiger partial charge >= 0.3 is 0 Å².